The number of anilines is 3. The van der Waals surface area contributed by atoms with Crippen LogP contribution in [0.3, 0.4) is 0 Å². The van der Waals surface area contributed by atoms with Crippen LogP contribution >= 0.6 is 0 Å². The molecule has 0 atom stereocenters. The van der Waals surface area contributed by atoms with Gasteiger partial charge in [0.2, 0.25) is 5.82 Å². The first-order valence-corrected chi connectivity index (χ1v) is 9.50. The van der Waals surface area contributed by atoms with E-state index in [2.05, 4.69) is 41.4 Å². The maximum atomic E-state index is 11.4. The average molecular weight is 391 g/mol. The molecule has 0 saturated carbocycles. The minimum atomic E-state index is -0.434. The molecular weight excluding hydrogens is 366 g/mol. The zero-order valence-corrected chi connectivity index (χ0v) is 16.8. The summed E-state index contributed by atoms with van der Waals surface area (Å²) in [5.41, 5.74) is 2.88. The minimum absolute atomic E-state index is 0.0419. The van der Waals surface area contributed by atoms with E-state index in [1.165, 1.54) is 11.6 Å². The van der Waals surface area contributed by atoms with Crippen LogP contribution in [0.2, 0.25) is 0 Å². The predicted octanol–water partition coefficient (Wildman–Crippen LogP) is 5.08. The number of nitrogens with one attached hydrogen (secondary N) is 2. The normalized spacial score (nSPS) is 11.1. The van der Waals surface area contributed by atoms with Gasteiger partial charge >= 0.3 is 5.69 Å². The van der Waals surface area contributed by atoms with Crippen LogP contribution in [0.15, 0.2) is 60.8 Å². The summed E-state index contributed by atoms with van der Waals surface area (Å²) in [5.74, 6) is 0.779. The monoisotopic (exact) mass is 391 g/mol. The van der Waals surface area contributed by atoms with Crippen LogP contribution in [0.1, 0.15) is 32.0 Å². The molecule has 1 aromatic carbocycles. The summed E-state index contributed by atoms with van der Waals surface area (Å²) in [5, 5.41) is 17.7. The maximum absolute atomic E-state index is 11.4. The van der Waals surface area contributed by atoms with Crippen molar-refractivity contribution in [2.75, 3.05) is 17.2 Å². The molecule has 0 fully saturated rings. The molecule has 0 radical (unpaired) electrons. The summed E-state index contributed by atoms with van der Waals surface area (Å²) in [6.07, 6.45) is 2.49. The van der Waals surface area contributed by atoms with Crippen LogP contribution in [0.4, 0.5) is 23.0 Å². The quantitative estimate of drug-likeness (QED) is 0.431. The molecule has 0 aliphatic carbocycles. The molecule has 29 heavy (non-hydrogen) atoms. The number of benzene rings is 1. The third kappa shape index (κ3) is 5.51. The summed E-state index contributed by atoms with van der Waals surface area (Å²) >= 11 is 0. The minimum Gasteiger partial charge on any atom is -0.370 e. The molecular formula is C22H25N5O2. The van der Waals surface area contributed by atoms with Crippen molar-refractivity contribution in [1.29, 1.82) is 0 Å². The summed E-state index contributed by atoms with van der Waals surface area (Å²) in [4.78, 5) is 19.7. The molecule has 2 aromatic heterocycles. The van der Waals surface area contributed by atoms with E-state index in [1.807, 2.05) is 42.5 Å². The third-order valence-electron chi connectivity index (χ3n) is 4.50. The SMILES string of the molecule is CC(C)(C)c1ccc(Nc2nc(NCCc3ccccn3)ccc2[N+](=O)[O-])cc1. The van der Waals surface area contributed by atoms with E-state index >= 15 is 0 Å². The number of nitrogens with zero attached hydrogens (tertiary/aromatic N) is 3. The Labute approximate surface area is 170 Å². The number of hydrogen-bond acceptors (Lipinski definition) is 6. The van der Waals surface area contributed by atoms with E-state index in [-0.39, 0.29) is 16.9 Å². The van der Waals surface area contributed by atoms with Gasteiger partial charge in [-0.25, -0.2) is 4.98 Å². The van der Waals surface area contributed by atoms with Crippen LogP contribution in [-0.4, -0.2) is 21.4 Å². The summed E-state index contributed by atoms with van der Waals surface area (Å²) in [6, 6.07) is 16.7. The largest absolute Gasteiger partial charge is 0.370 e. The lowest BCUT2D eigenvalue weighted by Gasteiger charge is -2.19. The van der Waals surface area contributed by atoms with Gasteiger partial charge in [-0.3, -0.25) is 15.1 Å². The molecule has 7 heteroatoms. The number of pyridine rings is 2. The fourth-order valence-electron chi connectivity index (χ4n) is 2.84. The Kier molecular flexibility index (Phi) is 6.07. The van der Waals surface area contributed by atoms with Crippen molar-refractivity contribution in [1.82, 2.24) is 9.97 Å². The van der Waals surface area contributed by atoms with Crippen molar-refractivity contribution in [3.63, 3.8) is 0 Å². The molecule has 0 bridgehead atoms. The molecule has 0 saturated heterocycles. The van der Waals surface area contributed by atoms with Crippen molar-refractivity contribution in [3.8, 4) is 0 Å². The van der Waals surface area contributed by atoms with Crippen molar-refractivity contribution in [3.05, 3.63) is 82.2 Å². The first-order chi connectivity index (χ1) is 13.8. The number of aromatic nitrogens is 2. The first-order valence-electron chi connectivity index (χ1n) is 9.50. The molecule has 0 amide bonds. The lowest BCUT2D eigenvalue weighted by molar-refractivity contribution is -0.384. The van der Waals surface area contributed by atoms with E-state index in [9.17, 15) is 10.1 Å². The molecule has 0 aliphatic rings. The Balaban J connectivity index is 1.74. The van der Waals surface area contributed by atoms with E-state index in [0.29, 0.717) is 12.4 Å². The van der Waals surface area contributed by atoms with Gasteiger partial charge < -0.3 is 10.6 Å². The Morgan fingerprint density at radius 3 is 2.41 bits per heavy atom. The smallest absolute Gasteiger partial charge is 0.311 e. The molecule has 150 valence electrons. The third-order valence-corrected chi connectivity index (χ3v) is 4.50. The molecule has 0 unspecified atom stereocenters. The van der Waals surface area contributed by atoms with Gasteiger partial charge in [0.05, 0.1) is 4.92 Å². The van der Waals surface area contributed by atoms with E-state index in [1.54, 1.807) is 12.3 Å². The van der Waals surface area contributed by atoms with Gasteiger partial charge in [0.25, 0.3) is 0 Å². The molecule has 3 aromatic rings. The number of nitro groups is 1. The second kappa shape index (κ2) is 8.68. The van der Waals surface area contributed by atoms with Crippen LogP contribution in [-0.2, 0) is 11.8 Å². The van der Waals surface area contributed by atoms with Gasteiger partial charge in [-0.15, -0.1) is 0 Å². The van der Waals surface area contributed by atoms with Gasteiger partial charge in [-0.1, -0.05) is 39.0 Å². The summed E-state index contributed by atoms with van der Waals surface area (Å²) in [7, 11) is 0. The topological polar surface area (TPSA) is 93.0 Å². The Hall–Kier alpha value is -3.48. The van der Waals surface area contributed by atoms with E-state index < -0.39 is 4.92 Å². The van der Waals surface area contributed by atoms with Gasteiger partial charge in [-0.05, 0) is 41.3 Å². The second-order valence-corrected chi connectivity index (χ2v) is 7.77. The molecule has 0 aliphatic heterocycles. The van der Waals surface area contributed by atoms with Crippen molar-refractivity contribution in [2.45, 2.75) is 32.6 Å². The highest BCUT2D eigenvalue weighted by Crippen LogP contribution is 2.29. The zero-order chi connectivity index (χ0) is 20.9. The van der Waals surface area contributed by atoms with Gasteiger partial charge in [-0.2, -0.15) is 0 Å². The van der Waals surface area contributed by atoms with Crippen molar-refractivity contribution < 1.29 is 4.92 Å². The maximum Gasteiger partial charge on any atom is 0.311 e. The van der Waals surface area contributed by atoms with Crippen molar-refractivity contribution >= 4 is 23.0 Å². The van der Waals surface area contributed by atoms with E-state index in [0.717, 1.165) is 17.8 Å². The molecule has 2 N–H and O–H groups in total. The highest BCUT2D eigenvalue weighted by Gasteiger charge is 2.17. The van der Waals surface area contributed by atoms with Gasteiger partial charge in [0.15, 0.2) is 0 Å². The van der Waals surface area contributed by atoms with E-state index in [4.69, 9.17) is 0 Å². The Morgan fingerprint density at radius 2 is 1.79 bits per heavy atom. The lowest BCUT2D eigenvalue weighted by atomic mass is 9.87. The van der Waals surface area contributed by atoms with Crippen LogP contribution in [0, 0.1) is 10.1 Å². The Morgan fingerprint density at radius 1 is 1.03 bits per heavy atom. The predicted molar refractivity (Wildman–Crippen MR) is 116 cm³/mol. The van der Waals surface area contributed by atoms with Crippen molar-refractivity contribution in [2.24, 2.45) is 0 Å². The number of hydrogen-bond donors (Lipinski definition) is 2. The Bertz CT molecular complexity index is 967. The summed E-state index contributed by atoms with van der Waals surface area (Å²) in [6.45, 7) is 7.05. The molecule has 3 rings (SSSR count). The second-order valence-electron chi connectivity index (χ2n) is 7.77. The first kappa shape index (κ1) is 20.3. The average Bonchev–Trinajstić information content (AvgIpc) is 2.68. The molecule has 2 heterocycles. The summed E-state index contributed by atoms with van der Waals surface area (Å²) < 4.78 is 0. The van der Waals surface area contributed by atoms with Gasteiger partial charge in [0, 0.05) is 36.6 Å². The zero-order valence-electron chi connectivity index (χ0n) is 16.8. The lowest BCUT2D eigenvalue weighted by Crippen LogP contribution is -2.11. The molecule has 7 nitrogen and oxygen atoms in total. The van der Waals surface area contributed by atoms with Gasteiger partial charge in [0.1, 0.15) is 5.82 Å². The highest BCUT2D eigenvalue weighted by molar-refractivity contribution is 5.67. The number of rotatable bonds is 7. The fraction of sp³-hybridized carbons (Fsp3) is 0.273. The van der Waals surface area contributed by atoms with Crippen LogP contribution in [0.5, 0.6) is 0 Å². The van der Waals surface area contributed by atoms with Crippen LogP contribution in [0.25, 0.3) is 0 Å². The highest BCUT2D eigenvalue weighted by atomic mass is 16.6. The fourth-order valence-corrected chi connectivity index (χ4v) is 2.84. The standard InChI is InChI=1S/C22H25N5O2/c1-22(2,3)16-7-9-18(10-8-16)25-21-19(27(28)29)11-12-20(26-21)24-15-13-17-6-4-5-14-23-17/h4-12,14H,13,15H2,1-3H3,(H2,24,25,26). The molecule has 0 spiro atoms. The van der Waals surface area contributed by atoms with Crippen LogP contribution < -0.4 is 10.6 Å².